The molecule has 0 unspecified atom stereocenters. The van der Waals surface area contributed by atoms with Crippen molar-refractivity contribution in [1.82, 2.24) is 5.43 Å². The summed E-state index contributed by atoms with van der Waals surface area (Å²) < 4.78 is 0. The van der Waals surface area contributed by atoms with Crippen molar-refractivity contribution in [2.24, 2.45) is 0 Å². The maximum absolute atomic E-state index is 10.0. The first kappa shape index (κ1) is 9.78. The minimum absolute atomic E-state index is 0.260. The van der Waals surface area contributed by atoms with E-state index in [1.54, 1.807) is 11.1 Å². The molecule has 0 bridgehead atoms. The van der Waals surface area contributed by atoms with Gasteiger partial charge in [0.1, 0.15) is 11.4 Å². The summed E-state index contributed by atoms with van der Waals surface area (Å²) in [5, 5.41) is 13.9. The molecule has 1 aliphatic heterocycles. The molecular formula is C14H12N2O. The van der Waals surface area contributed by atoms with E-state index in [9.17, 15) is 5.11 Å². The summed E-state index contributed by atoms with van der Waals surface area (Å²) >= 11 is 0. The van der Waals surface area contributed by atoms with E-state index in [1.165, 1.54) is 0 Å². The van der Waals surface area contributed by atoms with Crippen molar-refractivity contribution < 1.29 is 5.11 Å². The van der Waals surface area contributed by atoms with Crippen LogP contribution < -0.4 is 10.4 Å². The van der Waals surface area contributed by atoms with E-state index in [2.05, 4.69) is 5.43 Å². The zero-order chi connectivity index (χ0) is 11.7. The SMILES string of the molecule is Oc1ccc2ccccc2c1N1C=CC=CN1. The summed E-state index contributed by atoms with van der Waals surface area (Å²) in [5.41, 5.74) is 3.84. The summed E-state index contributed by atoms with van der Waals surface area (Å²) in [6.07, 6.45) is 7.51. The van der Waals surface area contributed by atoms with Crippen LogP contribution in [0.2, 0.25) is 0 Å². The number of hydrazine groups is 1. The molecular weight excluding hydrogens is 212 g/mol. The van der Waals surface area contributed by atoms with E-state index in [4.69, 9.17) is 0 Å². The fraction of sp³-hybridized carbons (Fsp3) is 0. The van der Waals surface area contributed by atoms with Gasteiger partial charge in [-0.2, -0.15) is 0 Å². The number of phenolic OH excluding ortho intramolecular Hbond substituents is 1. The number of hydrogen-bond acceptors (Lipinski definition) is 3. The summed E-state index contributed by atoms with van der Waals surface area (Å²) in [6, 6.07) is 11.6. The summed E-state index contributed by atoms with van der Waals surface area (Å²) in [6.45, 7) is 0. The Labute approximate surface area is 99.3 Å². The molecule has 3 rings (SSSR count). The third kappa shape index (κ3) is 1.61. The lowest BCUT2D eigenvalue weighted by Gasteiger charge is -2.24. The predicted octanol–water partition coefficient (Wildman–Crippen LogP) is 2.90. The van der Waals surface area contributed by atoms with Gasteiger partial charge in [-0.05, 0) is 23.6 Å². The van der Waals surface area contributed by atoms with Crippen LogP contribution in [0.3, 0.4) is 0 Å². The second kappa shape index (κ2) is 3.87. The Morgan fingerprint density at radius 1 is 1.00 bits per heavy atom. The lowest BCUT2D eigenvalue weighted by molar-refractivity contribution is 0.475. The number of allylic oxidation sites excluding steroid dienone is 2. The number of rotatable bonds is 1. The first-order chi connectivity index (χ1) is 8.36. The molecule has 84 valence electrons. The van der Waals surface area contributed by atoms with Crippen LogP contribution in [0.1, 0.15) is 0 Å². The normalized spacial score (nSPS) is 14.0. The topological polar surface area (TPSA) is 35.5 Å². The van der Waals surface area contributed by atoms with Gasteiger partial charge >= 0.3 is 0 Å². The molecule has 0 aromatic heterocycles. The van der Waals surface area contributed by atoms with Gasteiger partial charge in [-0.15, -0.1) is 0 Å². The van der Waals surface area contributed by atoms with Crippen molar-refractivity contribution in [2.45, 2.75) is 0 Å². The van der Waals surface area contributed by atoms with Crippen molar-refractivity contribution in [3.05, 3.63) is 61.0 Å². The third-order valence-corrected chi connectivity index (χ3v) is 2.78. The van der Waals surface area contributed by atoms with Gasteiger partial charge in [-0.3, -0.25) is 5.01 Å². The van der Waals surface area contributed by atoms with Gasteiger partial charge in [0, 0.05) is 17.8 Å². The van der Waals surface area contributed by atoms with Crippen molar-refractivity contribution in [3.63, 3.8) is 0 Å². The Morgan fingerprint density at radius 3 is 2.71 bits per heavy atom. The molecule has 2 aromatic rings. The Hall–Kier alpha value is -2.42. The molecule has 1 heterocycles. The van der Waals surface area contributed by atoms with Crippen LogP contribution in [0.5, 0.6) is 5.75 Å². The molecule has 0 saturated carbocycles. The summed E-state index contributed by atoms with van der Waals surface area (Å²) in [5.74, 6) is 0.260. The average Bonchev–Trinajstić information content (AvgIpc) is 2.39. The largest absolute Gasteiger partial charge is 0.506 e. The Balaban J connectivity index is 2.23. The second-order valence-electron chi connectivity index (χ2n) is 3.85. The average molecular weight is 224 g/mol. The van der Waals surface area contributed by atoms with Crippen LogP contribution in [0.15, 0.2) is 61.0 Å². The minimum atomic E-state index is 0.260. The smallest absolute Gasteiger partial charge is 0.141 e. The molecule has 0 saturated heterocycles. The molecule has 0 aliphatic carbocycles. The van der Waals surface area contributed by atoms with E-state index in [0.29, 0.717) is 0 Å². The van der Waals surface area contributed by atoms with Crippen LogP contribution in [0.25, 0.3) is 10.8 Å². The number of nitrogens with zero attached hydrogens (tertiary/aromatic N) is 1. The monoisotopic (exact) mass is 224 g/mol. The molecule has 0 spiro atoms. The quantitative estimate of drug-likeness (QED) is 0.781. The number of aromatic hydroxyl groups is 1. The van der Waals surface area contributed by atoms with Gasteiger partial charge < -0.3 is 10.5 Å². The molecule has 3 nitrogen and oxygen atoms in total. The maximum atomic E-state index is 10.0. The van der Waals surface area contributed by atoms with Crippen molar-refractivity contribution in [1.29, 1.82) is 0 Å². The molecule has 2 N–H and O–H groups in total. The van der Waals surface area contributed by atoms with E-state index < -0.39 is 0 Å². The fourth-order valence-electron chi connectivity index (χ4n) is 1.99. The second-order valence-corrected chi connectivity index (χ2v) is 3.85. The molecule has 3 heteroatoms. The highest BCUT2D eigenvalue weighted by Gasteiger charge is 2.12. The zero-order valence-corrected chi connectivity index (χ0v) is 9.17. The number of anilines is 1. The summed E-state index contributed by atoms with van der Waals surface area (Å²) in [7, 11) is 0. The van der Waals surface area contributed by atoms with Gasteiger partial charge in [0.05, 0.1) is 0 Å². The van der Waals surface area contributed by atoms with Crippen LogP contribution in [-0.4, -0.2) is 5.11 Å². The first-order valence-electron chi connectivity index (χ1n) is 5.46. The molecule has 0 radical (unpaired) electrons. The lowest BCUT2D eigenvalue weighted by atomic mass is 10.1. The third-order valence-electron chi connectivity index (χ3n) is 2.78. The summed E-state index contributed by atoms with van der Waals surface area (Å²) in [4.78, 5) is 0. The van der Waals surface area contributed by atoms with Gasteiger partial charge in [0.15, 0.2) is 0 Å². The molecule has 0 fully saturated rings. The van der Waals surface area contributed by atoms with E-state index >= 15 is 0 Å². The van der Waals surface area contributed by atoms with Crippen molar-refractivity contribution in [3.8, 4) is 5.75 Å². The number of benzene rings is 2. The Morgan fingerprint density at radius 2 is 1.88 bits per heavy atom. The molecule has 0 atom stereocenters. The van der Waals surface area contributed by atoms with Gasteiger partial charge in [0.2, 0.25) is 0 Å². The van der Waals surface area contributed by atoms with Crippen molar-refractivity contribution in [2.75, 3.05) is 5.01 Å². The van der Waals surface area contributed by atoms with Crippen LogP contribution in [-0.2, 0) is 0 Å². The van der Waals surface area contributed by atoms with Gasteiger partial charge in [-0.25, -0.2) is 0 Å². The highest BCUT2D eigenvalue weighted by molar-refractivity contribution is 5.97. The standard InChI is InChI=1S/C14H12N2O/c17-13-8-7-11-5-1-2-6-12(11)14(13)16-10-4-3-9-15-16/h1-10,15,17H. The molecule has 2 aromatic carbocycles. The van der Waals surface area contributed by atoms with Crippen LogP contribution in [0.4, 0.5) is 5.69 Å². The van der Waals surface area contributed by atoms with E-state index in [0.717, 1.165) is 16.5 Å². The Bertz CT molecular complexity index is 617. The number of nitrogens with one attached hydrogen (secondary N) is 1. The number of hydrogen-bond donors (Lipinski definition) is 2. The van der Waals surface area contributed by atoms with Gasteiger partial charge in [0.25, 0.3) is 0 Å². The highest BCUT2D eigenvalue weighted by atomic mass is 16.3. The lowest BCUT2D eigenvalue weighted by Crippen LogP contribution is -2.30. The fourth-order valence-corrected chi connectivity index (χ4v) is 1.99. The zero-order valence-electron chi connectivity index (χ0n) is 9.17. The van der Waals surface area contributed by atoms with Gasteiger partial charge in [-0.1, -0.05) is 30.3 Å². The van der Waals surface area contributed by atoms with Crippen LogP contribution >= 0.6 is 0 Å². The van der Waals surface area contributed by atoms with Crippen molar-refractivity contribution >= 4 is 16.5 Å². The molecule has 0 amide bonds. The van der Waals surface area contributed by atoms with Crippen LogP contribution in [0, 0.1) is 0 Å². The van der Waals surface area contributed by atoms with E-state index in [-0.39, 0.29) is 5.75 Å². The highest BCUT2D eigenvalue weighted by Crippen LogP contribution is 2.35. The number of fused-ring (bicyclic) bond motifs is 1. The molecule has 17 heavy (non-hydrogen) atoms. The van der Waals surface area contributed by atoms with E-state index in [1.807, 2.05) is 54.9 Å². The minimum Gasteiger partial charge on any atom is -0.506 e. The predicted molar refractivity (Wildman–Crippen MR) is 69.5 cm³/mol. The maximum Gasteiger partial charge on any atom is 0.141 e. The molecule has 1 aliphatic rings. The first-order valence-corrected chi connectivity index (χ1v) is 5.46. The Kier molecular flexibility index (Phi) is 2.22. The number of phenols is 1.